The normalized spacial score (nSPS) is 17.8. The summed E-state index contributed by atoms with van der Waals surface area (Å²) >= 11 is 0. The lowest BCUT2D eigenvalue weighted by molar-refractivity contribution is -0.117. The molecule has 1 fully saturated rings. The van der Waals surface area contributed by atoms with Gasteiger partial charge in [-0.1, -0.05) is 25.3 Å². The summed E-state index contributed by atoms with van der Waals surface area (Å²) in [6.45, 7) is 1.68. The molecule has 2 rings (SSSR count). The molecule has 0 aliphatic heterocycles. The van der Waals surface area contributed by atoms with E-state index in [0.29, 0.717) is 17.7 Å². The van der Waals surface area contributed by atoms with Crippen LogP contribution in [-0.2, 0) is 4.79 Å². The number of rotatable bonds is 4. The van der Waals surface area contributed by atoms with Gasteiger partial charge in [-0.25, -0.2) is 4.39 Å². The number of hydrogen-bond acceptors (Lipinski definition) is 2. The molecule has 0 atom stereocenters. The monoisotopic (exact) mass is 278 g/mol. The molecule has 1 saturated carbocycles. The van der Waals surface area contributed by atoms with Crippen LogP contribution in [0.1, 0.15) is 44.1 Å². The maximum atomic E-state index is 13.5. The van der Waals surface area contributed by atoms with Gasteiger partial charge in [0.2, 0.25) is 5.91 Å². The van der Waals surface area contributed by atoms with Crippen molar-refractivity contribution in [1.29, 1.82) is 0 Å². The second-order valence-corrected chi connectivity index (χ2v) is 5.73. The van der Waals surface area contributed by atoms with E-state index in [0.717, 1.165) is 25.7 Å². The van der Waals surface area contributed by atoms with Crippen LogP contribution in [0.2, 0.25) is 0 Å². The number of amides is 1. The van der Waals surface area contributed by atoms with E-state index in [1.54, 1.807) is 19.1 Å². The molecule has 0 unspecified atom stereocenters. The van der Waals surface area contributed by atoms with E-state index in [1.165, 1.54) is 12.5 Å². The summed E-state index contributed by atoms with van der Waals surface area (Å²) in [4.78, 5) is 12.2. The summed E-state index contributed by atoms with van der Waals surface area (Å²) in [5.74, 6) is -0.334. The maximum Gasteiger partial charge on any atom is 0.226 e. The molecule has 0 heterocycles. The lowest BCUT2D eigenvalue weighted by Crippen LogP contribution is -2.47. The Morgan fingerprint density at radius 1 is 1.30 bits per heavy atom. The highest BCUT2D eigenvalue weighted by Crippen LogP contribution is 2.31. The molecule has 1 amide bonds. The zero-order chi connectivity index (χ0) is 14.6. The number of halogens is 1. The van der Waals surface area contributed by atoms with Crippen molar-refractivity contribution in [2.75, 3.05) is 12.4 Å². The first kappa shape index (κ1) is 15.0. The highest BCUT2D eigenvalue weighted by Gasteiger charge is 2.32. The first-order chi connectivity index (χ1) is 9.56. The van der Waals surface area contributed by atoms with Crippen LogP contribution in [-0.4, -0.2) is 18.5 Å². The summed E-state index contributed by atoms with van der Waals surface area (Å²) in [5, 5.41) is 6.16. The number of carbonyl (C=O) groups is 1. The Morgan fingerprint density at radius 2 is 2.00 bits per heavy atom. The summed E-state index contributed by atoms with van der Waals surface area (Å²) in [5.41, 5.74) is 0.962. The molecule has 4 heteroatoms. The average molecular weight is 278 g/mol. The Labute approximate surface area is 120 Å². The molecule has 0 saturated heterocycles. The number of benzene rings is 1. The average Bonchev–Trinajstić information content (AvgIpc) is 2.45. The smallest absolute Gasteiger partial charge is 0.226 e. The molecule has 2 N–H and O–H groups in total. The lowest BCUT2D eigenvalue weighted by atomic mass is 9.79. The van der Waals surface area contributed by atoms with Gasteiger partial charge in [-0.3, -0.25) is 4.79 Å². The number of anilines is 1. The van der Waals surface area contributed by atoms with Crippen molar-refractivity contribution in [3.05, 3.63) is 29.6 Å². The highest BCUT2D eigenvalue weighted by molar-refractivity contribution is 5.92. The lowest BCUT2D eigenvalue weighted by Gasteiger charge is -2.36. The molecule has 1 aromatic rings. The Morgan fingerprint density at radius 3 is 2.65 bits per heavy atom. The van der Waals surface area contributed by atoms with Gasteiger partial charge in [-0.2, -0.15) is 0 Å². The third-order valence-electron chi connectivity index (χ3n) is 4.38. The zero-order valence-corrected chi connectivity index (χ0v) is 12.3. The van der Waals surface area contributed by atoms with Crippen LogP contribution in [0.3, 0.4) is 0 Å². The van der Waals surface area contributed by atoms with Crippen molar-refractivity contribution in [3.8, 4) is 0 Å². The molecule has 0 spiro atoms. The number of hydrogen-bond donors (Lipinski definition) is 2. The molecular weight excluding hydrogens is 255 g/mol. The van der Waals surface area contributed by atoms with Gasteiger partial charge in [-0.05, 0) is 38.9 Å². The van der Waals surface area contributed by atoms with Gasteiger partial charge in [0, 0.05) is 23.2 Å². The molecule has 0 bridgehead atoms. The minimum atomic E-state index is -0.288. The fraction of sp³-hybridized carbons (Fsp3) is 0.562. The predicted octanol–water partition coefficient (Wildman–Crippen LogP) is 3.39. The number of carbonyl (C=O) groups excluding carboxylic acids is 1. The third kappa shape index (κ3) is 3.37. The molecule has 1 aromatic carbocycles. The Bertz CT molecular complexity index is 481. The van der Waals surface area contributed by atoms with Gasteiger partial charge < -0.3 is 10.6 Å². The second kappa shape index (κ2) is 6.35. The van der Waals surface area contributed by atoms with E-state index in [2.05, 4.69) is 10.6 Å². The highest BCUT2D eigenvalue weighted by atomic mass is 19.1. The summed E-state index contributed by atoms with van der Waals surface area (Å²) in [6.07, 6.45) is 6.06. The first-order valence-corrected chi connectivity index (χ1v) is 7.30. The molecule has 20 heavy (non-hydrogen) atoms. The Hall–Kier alpha value is -1.42. The van der Waals surface area contributed by atoms with Crippen molar-refractivity contribution in [1.82, 2.24) is 5.32 Å². The molecule has 0 radical (unpaired) electrons. The maximum absolute atomic E-state index is 13.5. The minimum Gasteiger partial charge on any atom is -0.326 e. The van der Waals surface area contributed by atoms with Gasteiger partial charge in [0.15, 0.2) is 0 Å². The fourth-order valence-corrected chi connectivity index (χ4v) is 2.99. The molecule has 0 aromatic heterocycles. The van der Waals surface area contributed by atoms with Crippen LogP contribution < -0.4 is 10.6 Å². The second-order valence-electron chi connectivity index (χ2n) is 5.73. The van der Waals surface area contributed by atoms with Gasteiger partial charge in [0.05, 0.1) is 0 Å². The summed E-state index contributed by atoms with van der Waals surface area (Å²) in [7, 11) is 1.92. The fourth-order valence-electron chi connectivity index (χ4n) is 2.99. The van der Waals surface area contributed by atoms with Crippen molar-refractivity contribution in [2.45, 2.75) is 51.0 Å². The van der Waals surface area contributed by atoms with Gasteiger partial charge in [-0.15, -0.1) is 0 Å². The molecular formula is C16H23FN2O. The van der Waals surface area contributed by atoms with E-state index in [1.807, 2.05) is 7.05 Å². The van der Waals surface area contributed by atoms with Crippen LogP contribution in [0.15, 0.2) is 18.2 Å². The number of nitrogens with one attached hydrogen (secondary N) is 2. The van der Waals surface area contributed by atoms with E-state index in [-0.39, 0.29) is 17.3 Å². The van der Waals surface area contributed by atoms with Gasteiger partial charge >= 0.3 is 0 Å². The van der Waals surface area contributed by atoms with E-state index in [4.69, 9.17) is 0 Å². The third-order valence-corrected chi connectivity index (χ3v) is 4.38. The zero-order valence-electron chi connectivity index (χ0n) is 12.3. The largest absolute Gasteiger partial charge is 0.326 e. The van der Waals surface area contributed by atoms with Crippen molar-refractivity contribution in [2.24, 2.45) is 0 Å². The molecule has 1 aliphatic carbocycles. The van der Waals surface area contributed by atoms with Crippen molar-refractivity contribution < 1.29 is 9.18 Å². The topological polar surface area (TPSA) is 41.1 Å². The minimum absolute atomic E-state index is 0.0463. The van der Waals surface area contributed by atoms with Crippen LogP contribution in [0.4, 0.5) is 10.1 Å². The van der Waals surface area contributed by atoms with Crippen LogP contribution >= 0.6 is 0 Å². The van der Waals surface area contributed by atoms with Crippen molar-refractivity contribution >= 4 is 11.6 Å². The van der Waals surface area contributed by atoms with Crippen molar-refractivity contribution in [3.63, 3.8) is 0 Å². The van der Waals surface area contributed by atoms with E-state index in [9.17, 15) is 9.18 Å². The van der Waals surface area contributed by atoms with E-state index >= 15 is 0 Å². The summed E-state index contributed by atoms with van der Waals surface area (Å²) < 4.78 is 13.5. The standard InChI is InChI=1S/C16H23FN2O/c1-12-13(17)7-6-8-14(12)19-15(20)11-16(18-2)9-4-3-5-10-16/h6-8,18H,3-5,9-11H2,1-2H3,(H,19,20). The van der Waals surface area contributed by atoms with Crippen LogP contribution in [0.5, 0.6) is 0 Å². The first-order valence-electron chi connectivity index (χ1n) is 7.30. The van der Waals surface area contributed by atoms with Gasteiger partial charge in [0.1, 0.15) is 5.82 Å². The SMILES string of the molecule is CNC1(CC(=O)Nc2cccc(F)c2C)CCCCC1. The molecule has 1 aliphatic rings. The quantitative estimate of drug-likeness (QED) is 0.886. The molecule has 3 nitrogen and oxygen atoms in total. The Kier molecular flexibility index (Phi) is 4.76. The van der Waals surface area contributed by atoms with Crippen LogP contribution in [0, 0.1) is 12.7 Å². The summed E-state index contributed by atoms with van der Waals surface area (Å²) in [6, 6.07) is 4.76. The van der Waals surface area contributed by atoms with Crippen LogP contribution in [0.25, 0.3) is 0 Å². The predicted molar refractivity (Wildman–Crippen MR) is 79.3 cm³/mol. The molecule has 110 valence electrons. The Balaban J connectivity index is 2.03. The van der Waals surface area contributed by atoms with Gasteiger partial charge in [0.25, 0.3) is 0 Å². The van der Waals surface area contributed by atoms with E-state index < -0.39 is 0 Å².